The number of carbonyl (C=O) groups excluding carboxylic acids is 1. The van der Waals surface area contributed by atoms with Crippen LogP contribution in [-0.2, 0) is 9.59 Å². The third-order valence-corrected chi connectivity index (χ3v) is 2.39. The maximum absolute atomic E-state index is 12.8. The van der Waals surface area contributed by atoms with Gasteiger partial charge in [0.1, 0.15) is 5.82 Å². The fourth-order valence-corrected chi connectivity index (χ4v) is 1.53. The molecule has 0 saturated heterocycles. The number of benzene rings is 1. The third kappa shape index (κ3) is 4.01. The minimum atomic E-state index is -1.09. The number of hydrogen-bond acceptors (Lipinski definition) is 2. The smallest absolute Gasteiger partial charge is 0.304 e. The Morgan fingerprint density at radius 2 is 2.00 bits per heavy atom. The summed E-state index contributed by atoms with van der Waals surface area (Å²) in [7, 11) is 0. The average Bonchev–Trinajstić information content (AvgIpc) is 2.34. The number of aliphatic carboxylic acids is 1. The molecule has 96 valence electrons. The normalized spacial score (nSPS) is 11.6. The Bertz CT molecular complexity index is 442. The molecule has 0 aliphatic heterocycles. The van der Waals surface area contributed by atoms with Crippen LogP contribution in [0.15, 0.2) is 36.9 Å². The zero-order chi connectivity index (χ0) is 13.5. The van der Waals surface area contributed by atoms with Crippen LogP contribution < -0.4 is 5.32 Å². The van der Waals surface area contributed by atoms with Crippen LogP contribution in [0, 0.1) is 5.82 Å². The number of carboxylic acid groups (broad SMARTS) is 1. The molecule has 18 heavy (non-hydrogen) atoms. The summed E-state index contributed by atoms with van der Waals surface area (Å²) in [5, 5.41) is 11.3. The standard InChI is InChI=1S/C13H14FNO3/c1-2-7-15-13(18)11(8-12(16)17)9-3-5-10(14)6-4-9/h2-6,11H,1,7-8H2,(H,15,18)(H,16,17). The molecule has 1 aromatic carbocycles. The zero-order valence-electron chi connectivity index (χ0n) is 9.73. The Morgan fingerprint density at radius 3 is 2.50 bits per heavy atom. The number of rotatable bonds is 6. The molecule has 0 radical (unpaired) electrons. The molecule has 4 nitrogen and oxygen atoms in total. The summed E-state index contributed by atoms with van der Waals surface area (Å²) < 4.78 is 12.8. The Morgan fingerprint density at radius 1 is 1.39 bits per heavy atom. The number of halogens is 1. The second-order valence-electron chi connectivity index (χ2n) is 3.74. The van der Waals surface area contributed by atoms with E-state index in [1.54, 1.807) is 0 Å². The van der Waals surface area contributed by atoms with Gasteiger partial charge < -0.3 is 10.4 Å². The molecular formula is C13H14FNO3. The van der Waals surface area contributed by atoms with Gasteiger partial charge in [-0.3, -0.25) is 9.59 Å². The summed E-state index contributed by atoms with van der Waals surface area (Å²) >= 11 is 0. The van der Waals surface area contributed by atoms with Gasteiger partial charge in [-0.1, -0.05) is 18.2 Å². The monoisotopic (exact) mass is 251 g/mol. The van der Waals surface area contributed by atoms with Gasteiger partial charge in [-0.05, 0) is 17.7 Å². The number of amides is 1. The van der Waals surface area contributed by atoms with Crippen LogP contribution in [0.1, 0.15) is 17.9 Å². The molecule has 0 aliphatic rings. The lowest BCUT2D eigenvalue weighted by atomic mass is 9.95. The topological polar surface area (TPSA) is 66.4 Å². The van der Waals surface area contributed by atoms with E-state index in [-0.39, 0.29) is 13.0 Å². The molecule has 1 atom stereocenters. The van der Waals surface area contributed by atoms with Gasteiger partial charge in [0.05, 0.1) is 12.3 Å². The van der Waals surface area contributed by atoms with E-state index in [9.17, 15) is 14.0 Å². The van der Waals surface area contributed by atoms with Gasteiger partial charge >= 0.3 is 5.97 Å². The molecule has 0 spiro atoms. The van der Waals surface area contributed by atoms with Crippen molar-refractivity contribution >= 4 is 11.9 Å². The minimum absolute atomic E-state index is 0.260. The van der Waals surface area contributed by atoms with E-state index in [0.717, 1.165) is 0 Å². The Balaban J connectivity index is 2.89. The predicted octanol–water partition coefficient (Wildman–Crippen LogP) is 1.69. The lowest BCUT2D eigenvalue weighted by Crippen LogP contribution is -2.30. The van der Waals surface area contributed by atoms with Crippen molar-refractivity contribution in [3.8, 4) is 0 Å². The number of nitrogens with one attached hydrogen (secondary N) is 1. The van der Waals surface area contributed by atoms with Gasteiger partial charge in [0.15, 0.2) is 0 Å². The van der Waals surface area contributed by atoms with E-state index in [1.807, 2.05) is 0 Å². The maximum Gasteiger partial charge on any atom is 0.304 e. The summed E-state index contributed by atoms with van der Waals surface area (Å²) in [6, 6.07) is 5.22. The van der Waals surface area contributed by atoms with E-state index in [0.29, 0.717) is 5.56 Å². The summed E-state index contributed by atoms with van der Waals surface area (Å²) in [6.07, 6.45) is 1.16. The lowest BCUT2D eigenvalue weighted by Gasteiger charge is -2.14. The van der Waals surface area contributed by atoms with E-state index in [2.05, 4.69) is 11.9 Å². The largest absolute Gasteiger partial charge is 0.481 e. The zero-order valence-corrected chi connectivity index (χ0v) is 9.73. The SMILES string of the molecule is C=CCNC(=O)C(CC(=O)O)c1ccc(F)cc1. The molecule has 0 fully saturated rings. The predicted molar refractivity (Wildman–Crippen MR) is 64.6 cm³/mol. The van der Waals surface area contributed by atoms with Crippen LogP contribution in [0.5, 0.6) is 0 Å². The van der Waals surface area contributed by atoms with Gasteiger partial charge in [-0.25, -0.2) is 4.39 Å². The first-order chi connectivity index (χ1) is 8.54. The molecule has 1 unspecified atom stereocenters. The van der Waals surface area contributed by atoms with Crippen molar-refractivity contribution in [2.45, 2.75) is 12.3 Å². The summed E-state index contributed by atoms with van der Waals surface area (Å²) in [4.78, 5) is 22.6. The van der Waals surface area contributed by atoms with Crippen LogP contribution in [0.2, 0.25) is 0 Å². The molecule has 1 aromatic rings. The fourth-order valence-electron chi connectivity index (χ4n) is 1.53. The highest BCUT2D eigenvalue weighted by molar-refractivity contribution is 5.87. The third-order valence-electron chi connectivity index (χ3n) is 2.39. The van der Waals surface area contributed by atoms with Crippen LogP contribution in [0.4, 0.5) is 4.39 Å². The molecule has 5 heteroatoms. The number of carboxylic acids is 1. The van der Waals surface area contributed by atoms with Gasteiger partial charge in [-0.15, -0.1) is 6.58 Å². The second-order valence-corrected chi connectivity index (χ2v) is 3.74. The average molecular weight is 251 g/mol. The van der Waals surface area contributed by atoms with Gasteiger partial charge in [0, 0.05) is 6.54 Å². The van der Waals surface area contributed by atoms with Crippen molar-refractivity contribution in [1.82, 2.24) is 5.32 Å². The molecule has 0 aliphatic carbocycles. The first-order valence-corrected chi connectivity index (χ1v) is 5.40. The van der Waals surface area contributed by atoms with Crippen LogP contribution >= 0.6 is 0 Å². The Labute approximate surface area is 104 Å². The number of carbonyl (C=O) groups is 2. The second kappa shape index (κ2) is 6.54. The molecule has 0 heterocycles. The first-order valence-electron chi connectivity index (χ1n) is 5.40. The molecule has 1 amide bonds. The highest BCUT2D eigenvalue weighted by Crippen LogP contribution is 2.20. The van der Waals surface area contributed by atoms with E-state index in [1.165, 1.54) is 30.3 Å². The van der Waals surface area contributed by atoms with Crippen molar-refractivity contribution in [2.24, 2.45) is 0 Å². The molecule has 2 N–H and O–H groups in total. The number of hydrogen-bond donors (Lipinski definition) is 2. The van der Waals surface area contributed by atoms with Crippen molar-refractivity contribution in [3.05, 3.63) is 48.3 Å². The highest BCUT2D eigenvalue weighted by atomic mass is 19.1. The van der Waals surface area contributed by atoms with Crippen LogP contribution in [0.25, 0.3) is 0 Å². The maximum atomic E-state index is 12.8. The molecule has 0 aromatic heterocycles. The molecule has 1 rings (SSSR count). The lowest BCUT2D eigenvalue weighted by molar-refractivity contribution is -0.139. The van der Waals surface area contributed by atoms with Crippen molar-refractivity contribution in [3.63, 3.8) is 0 Å². The quantitative estimate of drug-likeness (QED) is 0.756. The van der Waals surface area contributed by atoms with Crippen molar-refractivity contribution in [1.29, 1.82) is 0 Å². The van der Waals surface area contributed by atoms with E-state index in [4.69, 9.17) is 5.11 Å². The van der Waals surface area contributed by atoms with Gasteiger partial charge in [0.25, 0.3) is 0 Å². The van der Waals surface area contributed by atoms with Crippen molar-refractivity contribution in [2.75, 3.05) is 6.54 Å². The fraction of sp³-hybridized carbons (Fsp3) is 0.231. The first kappa shape index (κ1) is 13.9. The highest BCUT2D eigenvalue weighted by Gasteiger charge is 2.23. The van der Waals surface area contributed by atoms with Crippen molar-refractivity contribution < 1.29 is 19.1 Å². The molecule has 0 saturated carbocycles. The molecule has 0 bridgehead atoms. The van der Waals surface area contributed by atoms with Crippen LogP contribution in [0.3, 0.4) is 0 Å². The Hall–Kier alpha value is -2.17. The van der Waals surface area contributed by atoms with Gasteiger partial charge in [-0.2, -0.15) is 0 Å². The summed E-state index contributed by atoms with van der Waals surface area (Å²) in [6.45, 7) is 3.72. The molecular weight excluding hydrogens is 237 g/mol. The van der Waals surface area contributed by atoms with E-state index < -0.39 is 23.6 Å². The van der Waals surface area contributed by atoms with E-state index >= 15 is 0 Å². The summed E-state index contributed by atoms with van der Waals surface area (Å²) in [5.41, 5.74) is 0.473. The van der Waals surface area contributed by atoms with Crippen LogP contribution in [-0.4, -0.2) is 23.5 Å². The van der Waals surface area contributed by atoms with Gasteiger partial charge in [0.2, 0.25) is 5.91 Å². The Kier molecular flexibility index (Phi) is 5.05. The summed E-state index contributed by atoms with van der Waals surface area (Å²) in [5.74, 6) is -2.76. The minimum Gasteiger partial charge on any atom is -0.481 e.